The fourth-order valence-electron chi connectivity index (χ4n) is 1.65. The van der Waals surface area contributed by atoms with Crippen LogP contribution in [0.4, 0.5) is 0 Å². The van der Waals surface area contributed by atoms with Crippen LogP contribution >= 0.6 is 15.9 Å². The molecule has 0 atom stereocenters. The molecule has 100 valence electrons. The van der Waals surface area contributed by atoms with Crippen molar-refractivity contribution in [1.82, 2.24) is 10.2 Å². The zero-order valence-electron chi connectivity index (χ0n) is 10.6. The maximum atomic E-state index is 11.4. The summed E-state index contributed by atoms with van der Waals surface area (Å²) in [5.41, 5.74) is 2.20. The van der Waals surface area contributed by atoms with E-state index in [1.165, 1.54) is 13.2 Å². The van der Waals surface area contributed by atoms with Gasteiger partial charge in [-0.25, -0.2) is 4.79 Å². The lowest BCUT2D eigenvalue weighted by molar-refractivity contribution is -0.135. The highest BCUT2D eigenvalue weighted by Crippen LogP contribution is 2.24. The molecule has 1 aromatic heterocycles. The van der Waals surface area contributed by atoms with Gasteiger partial charge in [0.1, 0.15) is 11.6 Å². The van der Waals surface area contributed by atoms with Crippen LogP contribution in [-0.4, -0.2) is 23.3 Å². The molecule has 2 aromatic rings. The Bertz CT molecular complexity index is 696. The van der Waals surface area contributed by atoms with Gasteiger partial charge in [-0.15, -0.1) is 0 Å². The van der Waals surface area contributed by atoms with E-state index in [1.54, 1.807) is 6.20 Å². The molecule has 0 bridgehead atoms. The van der Waals surface area contributed by atoms with Gasteiger partial charge in [0.2, 0.25) is 0 Å². The Labute approximate surface area is 124 Å². The number of hydrogen-bond acceptors (Lipinski definition) is 4. The largest absolute Gasteiger partial charge is 0.465 e. The number of carbonyl (C=O) groups is 1. The number of aromatic nitrogens is 2. The monoisotopic (exact) mass is 331 g/mol. The summed E-state index contributed by atoms with van der Waals surface area (Å²) in [5.74, 6) is -0.671. The molecule has 0 saturated carbocycles. The van der Waals surface area contributed by atoms with Crippen LogP contribution in [0, 0.1) is 11.3 Å². The first-order valence-corrected chi connectivity index (χ1v) is 6.44. The summed E-state index contributed by atoms with van der Waals surface area (Å²) in [7, 11) is 1.23. The summed E-state index contributed by atoms with van der Waals surface area (Å²) in [4.78, 5) is 11.4. The Morgan fingerprint density at radius 3 is 2.75 bits per heavy atom. The molecule has 1 N–H and O–H groups in total. The van der Waals surface area contributed by atoms with Crippen molar-refractivity contribution in [3.63, 3.8) is 0 Å². The van der Waals surface area contributed by atoms with Gasteiger partial charge in [-0.2, -0.15) is 10.4 Å². The van der Waals surface area contributed by atoms with E-state index < -0.39 is 5.97 Å². The number of nitrogens with zero attached hydrogens (tertiary/aromatic N) is 2. The van der Waals surface area contributed by atoms with Crippen molar-refractivity contribution in [2.45, 2.75) is 0 Å². The summed E-state index contributed by atoms with van der Waals surface area (Å²) < 4.78 is 5.51. The minimum Gasteiger partial charge on any atom is -0.465 e. The van der Waals surface area contributed by atoms with Gasteiger partial charge >= 0.3 is 5.97 Å². The Morgan fingerprint density at radius 2 is 2.15 bits per heavy atom. The van der Waals surface area contributed by atoms with E-state index in [4.69, 9.17) is 5.26 Å². The van der Waals surface area contributed by atoms with Gasteiger partial charge in [-0.05, 0) is 18.2 Å². The summed E-state index contributed by atoms with van der Waals surface area (Å²) in [6.07, 6.45) is 3.00. The molecule has 0 aliphatic heterocycles. The van der Waals surface area contributed by atoms with E-state index in [-0.39, 0.29) is 5.57 Å². The molecule has 0 aliphatic rings. The van der Waals surface area contributed by atoms with Crippen LogP contribution < -0.4 is 0 Å². The number of rotatable bonds is 3. The molecule has 0 unspecified atom stereocenters. The second-order valence-electron chi connectivity index (χ2n) is 3.87. The van der Waals surface area contributed by atoms with Crippen molar-refractivity contribution in [3.8, 4) is 17.3 Å². The highest BCUT2D eigenvalue weighted by Gasteiger charge is 2.12. The number of nitriles is 1. The number of halogens is 1. The fraction of sp³-hybridized carbons (Fsp3) is 0.0714. The number of methoxy groups -OCH3 is 1. The van der Waals surface area contributed by atoms with E-state index >= 15 is 0 Å². The number of H-pyrrole nitrogens is 1. The zero-order chi connectivity index (χ0) is 14.5. The molecule has 0 aliphatic carbocycles. The third kappa shape index (κ3) is 2.95. The highest BCUT2D eigenvalue weighted by molar-refractivity contribution is 9.10. The molecule has 0 radical (unpaired) electrons. The van der Waals surface area contributed by atoms with Gasteiger partial charge in [0, 0.05) is 15.6 Å². The van der Waals surface area contributed by atoms with E-state index in [0.717, 1.165) is 15.7 Å². The molecule has 1 aromatic carbocycles. The normalized spacial score (nSPS) is 10.9. The predicted molar refractivity (Wildman–Crippen MR) is 77.3 cm³/mol. The van der Waals surface area contributed by atoms with Crippen LogP contribution in [0.5, 0.6) is 0 Å². The number of aromatic amines is 1. The van der Waals surface area contributed by atoms with Crippen molar-refractivity contribution < 1.29 is 9.53 Å². The first-order chi connectivity index (χ1) is 9.65. The molecule has 6 heteroatoms. The fourth-order valence-corrected chi connectivity index (χ4v) is 1.92. The van der Waals surface area contributed by atoms with Crippen LogP contribution in [0.25, 0.3) is 17.3 Å². The minimum atomic E-state index is -0.671. The Hall–Kier alpha value is -2.39. The maximum absolute atomic E-state index is 11.4. The minimum absolute atomic E-state index is 0.0766. The number of nitrogens with one attached hydrogen (secondary N) is 1. The molecular formula is C14H10BrN3O2. The smallest absolute Gasteiger partial charge is 0.348 e. The molecule has 0 fully saturated rings. The summed E-state index contributed by atoms with van der Waals surface area (Å²) >= 11 is 3.37. The quantitative estimate of drug-likeness (QED) is 0.532. The van der Waals surface area contributed by atoms with Crippen LogP contribution in [-0.2, 0) is 9.53 Å². The van der Waals surface area contributed by atoms with E-state index in [2.05, 4.69) is 30.9 Å². The number of carbonyl (C=O) groups excluding carboxylic acids is 1. The van der Waals surface area contributed by atoms with Crippen LogP contribution in [0.1, 0.15) is 5.56 Å². The lowest BCUT2D eigenvalue weighted by Gasteiger charge is -2.01. The van der Waals surface area contributed by atoms with E-state index in [0.29, 0.717) is 5.56 Å². The Balaban J connectivity index is 2.43. The molecule has 1 heterocycles. The lowest BCUT2D eigenvalue weighted by atomic mass is 10.1. The van der Waals surface area contributed by atoms with Gasteiger partial charge in [-0.1, -0.05) is 28.1 Å². The first-order valence-electron chi connectivity index (χ1n) is 5.65. The van der Waals surface area contributed by atoms with Crippen molar-refractivity contribution in [1.29, 1.82) is 5.26 Å². The van der Waals surface area contributed by atoms with Gasteiger partial charge in [-0.3, -0.25) is 5.10 Å². The Kier molecular flexibility index (Phi) is 4.33. The van der Waals surface area contributed by atoms with Crippen molar-refractivity contribution >= 4 is 28.0 Å². The number of benzene rings is 1. The Morgan fingerprint density at radius 1 is 1.45 bits per heavy atom. The molecule has 0 saturated heterocycles. The molecule has 2 rings (SSSR count). The third-order valence-electron chi connectivity index (χ3n) is 2.63. The van der Waals surface area contributed by atoms with E-state index in [1.807, 2.05) is 30.3 Å². The second kappa shape index (κ2) is 6.17. The van der Waals surface area contributed by atoms with Gasteiger partial charge < -0.3 is 4.74 Å². The maximum Gasteiger partial charge on any atom is 0.348 e. The number of ether oxygens (including phenoxy) is 1. The van der Waals surface area contributed by atoms with Crippen molar-refractivity contribution in [2.24, 2.45) is 0 Å². The highest BCUT2D eigenvalue weighted by atomic mass is 79.9. The van der Waals surface area contributed by atoms with Crippen LogP contribution in [0.15, 0.2) is 40.5 Å². The predicted octanol–water partition coefficient (Wildman–Crippen LogP) is 2.92. The molecular weight excluding hydrogens is 322 g/mol. The topological polar surface area (TPSA) is 78.8 Å². The van der Waals surface area contributed by atoms with Crippen molar-refractivity contribution in [2.75, 3.05) is 7.11 Å². The average molecular weight is 332 g/mol. The van der Waals surface area contributed by atoms with Gasteiger partial charge in [0.25, 0.3) is 0 Å². The van der Waals surface area contributed by atoms with E-state index in [9.17, 15) is 4.79 Å². The van der Waals surface area contributed by atoms with Gasteiger partial charge in [0.15, 0.2) is 0 Å². The number of hydrogen-bond donors (Lipinski definition) is 1. The zero-order valence-corrected chi connectivity index (χ0v) is 12.1. The average Bonchev–Trinajstić information content (AvgIpc) is 2.93. The summed E-state index contributed by atoms with van der Waals surface area (Å²) in [5, 5.41) is 15.8. The molecule has 5 nitrogen and oxygen atoms in total. The van der Waals surface area contributed by atoms with Crippen LogP contribution in [0.2, 0.25) is 0 Å². The third-order valence-corrected chi connectivity index (χ3v) is 3.16. The summed E-state index contributed by atoms with van der Waals surface area (Å²) in [6, 6.07) is 9.42. The first kappa shape index (κ1) is 14.0. The van der Waals surface area contributed by atoms with Crippen LogP contribution in [0.3, 0.4) is 0 Å². The van der Waals surface area contributed by atoms with Crippen molar-refractivity contribution in [3.05, 3.63) is 46.1 Å². The molecule has 0 amide bonds. The van der Waals surface area contributed by atoms with Gasteiger partial charge in [0.05, 0.1) is 19.0 Å². The number of esters is 1. The molecule has 0 spiro atoms. The SMILES string of the molecule is COC(=O)C(C#N)=Cc1cn[nH]c1-c1ccc(Br)cc1. The lowest BCUT2D eigenvalue weighted by Crippen LogP contribution is -2.02. The second-order valence-corrected chi connectivity index (χ2v) is 4.78. The molecule has 20 heavy (non-hydrogen) atoms. The standard InChI is InChI=1S/C14H10BrN3O2/c1-20-14(19)10(7-16)6-11-8-17-18-13(11)9-2-4-12(15)5-3-9/h2-6,8H,1H3,(H,17,18). The summed E-state index contributed by atoms with van der Waals surface area (Å²) in [6.45, 7) is 0.